The van der Waals surface area contributed by atoms with Crippen molar-refractivity contribution in [1.82, 2.24) is 4.57 Å². The summed E-state index contributed by atoms with van der Waals surface area (Å²) in [5.74, 6) is 0. The number of unbranched alkanes of at least 4 members (excludes halogenated alkanes) is 6. The minimum atomic E-state index is 1.16. The first kappa shape index (κ1) is 20.0. The SMILES string of the molecule is CCCCCCc1cc(-c2ccc(I)n2CCCCCC)sc1C. The molecule has 0 N–H and O–H groups in total. The van der Waals surface area contributed by atoms with E-state index in [9.17, 15) is 0 Å². The molecule has 0 saturated heterocycles. The topological polar surface area (TPSA) is 4.93 Å². The van der Waals surface area contributed by atoms with Gasteiger partial charge >= 0.3 is 0 Å². The molecule has 0 atom stereocenters. The molecule has 0 unspecified atom stereocenters. The van der Waals surface area contributed by atoms with E-state index >= 15 is 0 Å². The fourth-order valence-electron chi connectivity index (χ4n) is 3.22. The van der Waals surface area contributed by atoms with E-state index in [4.69, 9.17) is 0 Å². The summed E-state index contributed by atoms with van der Waals surface area (Å²) in [6, 6.07) is 7.04. The van der Waals surface area contributed by atoms with Crippen LogP contribution in [0.2, 0.25) is 0 Å². The van der Waals surface area contributed by atoms with Crippen LogP contribution in [0.4, 0.5) is 0 Å². The van der Waals surface area contributed by atoms with Crippen molar-refractivity contribution in [3.63, 3.8) is 0 Å². The second-order valence-electron chi connectivity index (χ2n) is 6.76. The van der Waals surface area contributed by atoms with Crippen LogP contribution in [0.25, 0.3) is 10.6 Å². The van der Waals surface area contributed by atoms with E-state index in [0.717, 1.165) is 6.54 Å². The molecule has 0 aliphatic carbocycles. The maximum absolute atomic E-state index is 2.52. The molecule has 2 rings (SSSR count). The van der Waals surface area contributed by atoms with Gasteiger partial charge in [-0.2, -0.15) is 0 Å². The maximum Gasteiger partial charge on any atom is 0.0803 e. The van der Waals surface area contributed by atoms with E-state index in [0.29, 0.717) is 0 Å². The summed E-state index contributed by atoms with van der Waals surface area (Å²) in [5.41, 5.74) is 2.99. The summed E-state index contributed by atoms with van der Waals surface area (Å²) < 4.78 is 3.89. The molecular weight excluding hydrogens is 425 g/mol. The van der Waals surface area contributed by atoms with E-state index in [1.165, 1.54) is 76.9 Å². The lowest BCUT2D eigenvalue weighted by Gasteiger charge is -2.09. The molecule has 3 heteroatoms. The molecule has 0 aliphatic rings. The summed E-state index contributed by atoms with van der Waals surface area (Å²) in [5, 5.41) is 0. The van der Waals surface area contributed by atoms with Crippen LogP contribution < -0.4 is 0 Å². The summed E-state index contributed by atoms with van der Waals surface area (Å²) in [7, 11) is 0. The molecule has 2 heterocycles. The van der Waals surface area contributed by atoms with Gasteiger partial charge in [0, 0.05) is 11.4 Å². The van der Waals surface area contributed by atoms with Crippen LogP contribution in [-0.4, -0.2) is 4.57 Å². The van der Waals surface area contributed by atoms with E-state index in [1.54, 1.807) is 5.56 Å². The third-order valence-corrected chi connectivity index (χ3v) is 6.79. The number of hydrogen-bond donors (Lipinski definition) is 0. The molecule has 0 fully saturated rings. The Hall–Kier alpha value is -0.290. The highest BCUT2D eigenvalue weighted by Crippen LogP contribution is 2.34. The van der Waals surface area contributed by atoms with Gasteiger partial charge in [-0.3, -0.25) is 0 Å². The number of aromatic nitrogens is 1. The molecule has 0 bridgehead atoms. The van der Waals surface area contributed by atoms with Gasteiger partial charge < -0.3 is 4.57 Å². The average molecular weight is 457 g/mol. The zero-order valence-corrected chi connectivity index (χ0v) is 18.5. The molecule has 2 aromatic rings. The molecule has 24 heavy (non-hydrogen) atoms. The minimum absolute atomic E-state index is 1.16. The van der Waals surface area contributed by atoms with Crippen LogP contribution in [0.5, 0.6) is 0 Å². The Kier molecular flexibility index (Phi) is 8.88. The van der Waals surface area contributed by atoms with E-state index < -0.39 is 0 Å². The van der Waals surface area contributed by atoms with Crippen molar-refractivity contribution in [3.8, 4) is 10.6 Å². The Bertz CT molecular complexity index is 611. The van der Waals surface area contributed by atoms with Crippen LogP contribution in [0.3, 0.4) is 0 Å². The molecule has 0 radical (unpaired) electrons. The van der Waals surface area contributed by atoms with Crippen molar-refractivity contribution in [2.24, 2.45) is 0 Å². The molecule has 0 saturated carbocycles. The molecular formula is C21H32INS. The number of nitrogens with zero attached hydrogens (tertiary/aromatic N) is 1. The number of halogens is 1. The zero-order valence-electron chi connectivity index (χ0n) is 15.5. The van der Waals surface area contributed by atoms with Gasteiger partial charge in [0.15, 0.2) is 0 Å². The fourth-order valence-corrected chi connectivity index (χ4v) is 5.01. The smallest absolute Gasteiger partial charge is 0.0803 e. The molecule has 2 aromatic heterocycles. The van der Waals surface area contributed by atoms with Crippen molar-refractivity contribution in [1.29, 1.82) is 0 Å². The lowest BCUT2D eigenvalue weighted by atomic mass is 10.1. The minimum Gasteiger partial charge on any atom is -0.335 e. The number of aryl methyl sites for hydroxylation is 2. The van der Waals surface area contributed by atoms with Gasteiger partial charge in [0.25, 0.3) is 0 Å². The molecule has 0 aliphatic heterocycles. The van der Waals surface area contributed by atoms with Gasteiger partial charge in [-0.25, -0.2) is 0 Å². The molecule has 1 nitrogen and oxygen atoms in total. The third kappa shape index (κ3) is 5.62. The van der Waals surface area contributed by atoms with Crippen LogP contribution in [0.1, 0.15) is 75.7 Å². The first-order valence-corrected chi connectivity index (χ1v) is 11.5. The molecule has 0 aromatic carbocycles. The Labute approximate surface area is 166 Å². The molecule has 0 spiro atoms. The Morgan fingerprint density at radius 1 is 0.958 bits per heavy atom. The maximum atomic E-state index is 2.52. The van der Waals surface area contributed by atoms with Crippen LogP contribution in [0, 0.1) is 10.6 Å². The monoisotopic (exact) mass is 457 g/mol. The second-order valence-corrected chi connectivity index (χ2v) is 9.12. The summed E-state index contributed by atoms with van der Waals surface area (Å²) >= 11 is 4.46. The van der Waals surface area contributed by atoms with E-state index in [2.05, 4.69) is 66.1 Å². The summed E-state index contributed by atoms with van der Waals surface area (Å²) in [4.78, 5) is 2.96. The normalized spacial score (nSPS) is 11.3. The Morgan fingerprint density at radius 3 is 2.38 bits per heavy atom. The number of thiophene rings is 1. The van der Waals surface area contributed by atoms with Gasteiger partial charge in [-0.1, -0.05) is 52.4 Å². The fraction of sp³-hybridized carbons (Fsp3) is 0.619. The standard InChI is InChI=1S/C21H32INS/c1-4-6-8-10-12-18-16-20(24-17(18)3)19-13-14-21(22)23(19)15-11-9-7-5-2/h13-14,16H,4-12,15H2,1-3H3. The van der Waals surface area contributed by atoms with E-state index in [-0.39, 0.29) is 0 Å². The highest BCUT2D eigenvalue weighted by molar-refractivity contribution is 14.1. The predicted molar refractivity (Wildman–Crippen MR) is 117 cm³/mol. The van der Waals surface area contributed by atoms with Gasteiger partial charge in [-0.15, -0.1) is 11.3 Å². The van der Waals surface area contributed by atoms with Gasteiger partial charge in [-0.05, 0) is 72.5 Å². The average Bonchev–Trinajstić information content (AvgIpc) is 3.11. The molecule has 0 amide bonds. The first-order chi connectivity index (χ1) is 11.7. The lowest BCUT2D eigenvalue weighted by molar-refractivity contribution is 0.581. The predicted octanol–water partition coefficient (Wildman–Crippen LogP) is 7.83. The lowest BCUT2D eigenvalue weighted by Crippen LogP contribution is -2.01. The van der Waals surface area contributed by atoms with Crippen LogP contribution in [0.15, 0.2) is 18.2 Å². The van der Waals surface area contributed by atoms with Gasteiger partial charge in [0.2, 0.25) is 0 Å². The Morgan fingerprint density at radius 2 is 1.67 bits per heavy atom. The number of hydrogen-bond acceptors (Lipinski definition) is 1. The van der Waals surface area contributed by atoms with Gasteiger partial charge in [0.05, 0.1) is 14.3 Å². The van der Waals surface area contributed by atoms with Crippen molar-refractivity contribution in [3.05, 3.63) is 32.3 Å². The highest BCUT2D eigenvalue weighted by Gasteiger charge is 2.13. The van der Waals surface area contributed by atoms with Crippen molar-refractivity contribution >= 4 is 33.9 Å². The van der Waals surface area contributed by atoms with Crippen molar-refractivity contribution < 1.29 is 0 Å². The Balaban J connectivity index is 2.05. The zero-order chi connectivity index (χ0) is 17.4. The van der Waals surface area contributed by atoms with Crippen molar-refractivity contribution in [2.45, 2.75) is 85.1 Å². The first-order valence-electron chi connectivity index (χ1n) is 9.62. The summed E-state index contributed by atoms with van der Waals surface area (Å²) in [6.07, 6.45) is 11.9. The largest absolute Gasteiger partial charge is 0.335 e. The summed E-state index contributed by atoms with van der Waals surface area (Å²) in [6.45, 7) is 8.01. The third-order valence-electron chi connectivity index (χ3n) is 4.74. The van der Waals surface area contributed by atoms with Crippen LogP contribution in [-0.2, 0) is 13.0 Å². The second kappa shape index (κ2) is 10.6. The molecule has 134 valence electrons. The quantitative estimate of drug-likeness (QED) is 0.239. The van der Waals surface area contributed by atoms with Gasteiger partial charge in [0.1, 0.15) is 0 Å². The highest BCUT2D eigenvalue weighted by atomic mass is 127. The number of rotatable bonds is 11. The van der Waals surface area contributed by atoms with E-state index in [1.807, 2.05) is 11.3 Å². The van der Waals surface area contributed by atoms with Crippen LogP contribution >= 0.6 is 33.9 Å². The van der Waals surface area contributed by atoms with Crippen molar-refractivity contribution in [2.75, 3.05) is 0 Å².